The van der Waals surface area contributed by atoms with Crippen molar-refractivity contribution in [3.8, 4) is 5.75 Å². The van der Waals surface area contributed by atoms with E-state index in [1.165, 1.54) is 0 Å². The van der Waals surface area contributed by atoms with Crippen LogP contribution in [0.25, 0.3) is 0 Å². The average molecular weight is 391 g/mol. The number of carbonyl (C=O) groups is 1. The van der Waals surface area contributed by atoms with Crippen molar-refractivity contribution in [2.45, 2.75) is 20.4 Å². The highest BCUT2D eigenvalue weighted by atomic mass is 32.2. The van der Waals surface area contributed by atoms with E-state index in [9.17, 15) is 13.2 Å². The molecule has 0 aliphatic heterocycles. The SMILES string of the molecule is Cc1cccc(OCCNC(=O)CN(Cc2ccccc2)S(C)(=O)=O)c1C. The van der Waals surface area contributed by atoms with Crippen LogP contribution in [-0.4, -0.2) is 44.6 Å². The lowest BCUT2D eigenvalue weighted by molar-refractivity contribution is -0.121. The minimum atomic E-state index is -3.50. The lowest BCUT2D eigenvalue weighted by Crippen LogP contribution is -2.40. The van der Waals surface area contributed by atoms with Gasteiger partial charge in [-0.15, -0.1) is 0 Å². The molecule has 0 spiro atoms. The number of sulfonamides is 1. The molecule has 0 bridgehead atoms. The Morgan fingerprint density at radius 2 is 1.78 bits per heavy atom. The van der Waals surface area contributed by atoms with Gasteiger partial charge in [-0.2, -0.15) is 4.31 Å². The first-order valence-electron chi connectivity index (χ1n) is 8.72. The van der Waals surface area contributed by atoms with Gasteiger partial charge in [0.25, 0.3) is 0 Å². The largest absolute Gasteiger partial charge is 0.491 e. The monoisotopic (exact) mass is 390 g/mol. The highest BCUT2D eigenvalue weighted by Gasteiger charge is 2.20. The Morgan fingerprint density at radius 1 is 1.07 bits per heavy atom. The number of carbonyl (C=O) groups excluding carboxylic acids is 1. The zero-order valence-corrected chi connectivity index (χ0v) is 16.8. The van der Waals surface area contributed by atoms with E-state index in [0.29, 0.717) is 13.2 Å². The summed E-state index contributed by atoms with van der Waals surface area (Å²) in [6.45, 7) is 4.54. The van der Waals surface area contributed by atoms with E-state index >= 15 is 0 Å². The molecule has 2 aromatic rings. The standard InChI is InChI=1S/C20H26N2O4S/c1-16-8-7-11-19(17(16)2)26-13-12-21-20(23)15-22(27(3,24)25)14-18-9-5-4-6-10-18/h4-11H,12-15H2,1-3H3,(H,21,23). The van der Waals surface area contributed by atoms with Crippen LogP contribution < -0.4 is 10.1 Å². The molecule has 0 unspecified atom stereocenters. The smallest absolute Gasteiger partial charge is 0.235 e. The third-order valence-corrected chi connectivity index (χ3v) is 5.42. The number of amides is 1. The van der Waals surface area contributed by atoms with E-state index in [2.05, 4.69) is 5.32 Å². The van der Waals surface area contributed by atoms with Crippen molar-refractivity contribution in [3.63, 3.8) is 0 Å². The van der Waals surface area contributed by atoms with Crippen LogP contribution in [0.4, 0.5) is 0 Å². The van der Waals surface area contributed by atoms with Crippen LogP contribution in [0.2, 0.25) is 0 Å². The van der Waals surface area contributed by atoms with E-state index < -0.39 is 10.0 Å². The number of nitrogens with zero attached hydrogens (tertiary/aromatic N) is 1. The van der Waals surface area contributed by atoms with Crippen LogP contribution in [0.5, 0.6) is 5.75 Å². The average Bonchev–Trinajstić information content (AvgIpc) is 2.61. The summed E-state index contributed by atoms with van der Waals surface area (Å²) in [5.41, 5.74) is 3.03. The summed E-state index contributed by atoms with van der Waals surface area (Å²) in [4.78, 5) is 12.1. The maximum Gasteiger partial charge on any atom is 0.235 e. The number of hydrogen-bond donors (Lipinski definition) is 1. The molecule has 0 aromatic heterocycles. The molecule has 7 heteroatoms. The zero-order chi connectivity index (χ0) is 19.9. The van der Waals surface area contributed by atoms with Crippen LogP contribution in [0.15, 0.2) is 48.5 Å². The second-order valence-electron chi connectivity index (χ2n) is 6.41. The number of nitrogens with one attached hydrogen (secondary N) is 1. The Labute approximate surface area is 161 Å². The molecule has 146 valence electrons. The van der Waals surface area contributed by atoms with Crippen LogP contribution in [-0.2, 0) is 21.4 Å². The predicted octanol–water partition coefficient (Wildman–Crippen LogP) is 2.26. The summed E-state index contributed by atoms with van der Waals surface area (Å²) in [5.74, 6) is 0.423. The van der Waals surface area contributed by atoms with E-state index in [1.54, 1.807) is 0 Å². The summed E-state index contributed by atoms with van der Waals surface area (Å²) < 4.78 is 30.8. The Kier molecular flexibility index (Phi) is 7.38. The van der Waals surface area contributed by atoms with Crippen molar-refractivity contribution in [1.29, 1.82) is 0 Å². The van der Waals surface area contributed by atoms with Gasteiger partial charge in [0.05, 0.1) is 19.3 Å². The Morgan fingerprint density at radius 3 is 2.44 bits per heavy atom. The van der Waals surface area contributed by atoms with Gasteiger partial charge in [0.1, 0.15) is 12.4 Å². The van der Waals surface area contributed by atoms with Gasteiger partial charge < -0.3 is 10.1 Å². The van der Waals surface area contributed by atoms with Gasteiger partial charge in [-0.1, -0.05) is 42.5 Å². The number of rotatable bonds is 9. The second kappa shape index (κ2) is 9.53. The van der Waals surface area contributed by atoms with Gasteiger partial charge in [0.15, 0.2) is 0 Å². The first-order valence-corrected chi connectivity index (χ1v) is 10.6. The molecular weight excluding hydrogens is 364 g/mol. The highest BCUT2D eigenvalue weighted by Crippen LogP contribution is 2.20. The van der Waals surface area contributed by atoms with Crippen molar-refractivity contribution in [2.24, 2.45) is 0 Å². The summed E-state index contributed by atoms with van der Waals surface area (Å²) in [7, 11) is -3.50. The van der Waals surface area contributed by atoms with Crippen LogP contribution in [0.1, 0.15) is 16.7 Å². The normalized spacial score (nSPS) is 11.4. The molecule has 0 aliphatic rings. The Bertz CT molecular complexity index is 867. The van der Waals surface area contributed by atoms with Gasteiger partial charge >= 0.3 is 0 Å². The van der Waals surface area contributed by atoms with Crippen molar-refractivity contribution >= 4 is 15.9 Å². The molecule has 0 fully saturated rings. The zero-order valence-electron chi connectivity index (χ0n) is 15.9. The molecule has 2 aromatic carbocycles. The molecule has 27 heavy (non-hydrogen) atoms. The first-order chi connectivity index (χ1) is 12.8. The van der Waals surface area contributed by atoms with E-state index in [4.69, 9.17) is 4.74 Å². The molecular formula is C20H26N2O4S. The van der Waals surface area contributed by atoms with Crippen molar-refractivity contribution in [1.82, 2.24) is 9.62 Å². The molecule has 1 N–H and O–H groups in total. The fraction of sp³-hybridized carbons (Fsp3) is 0.350. The Balaban J connectivity index is 1.84. The number of benzene rings is 2. The molecule has 0 aliphatic carbocycles. The molecule has 0 saturated heterocycles. The third-order valence-electron chi connectivity index (χ3n) is 4.23. The summed E-state index contributed by atoms with van der Waals surface area (Å²) in [6.07, 6.45) is 1.10. The molecule has 0 radical (unpaired) electrons. The van der Waals surface area contributed by atoms with E-state index in [1.807, 2.05) is 62.4 Å². The summed E-state index contributed by atoms with van der Waals surface area (Å²) >= 11 is 0. The van der Waals surface area contributed by atoms with E-state index in [0.717, 1.165) is 33.0 Å². The molecule has 0 heterocycles. The highest BCUT2D eigenvalue weighted by molar-refractivity contribution is 7.88. The fourth-order valence-corrected chi connectivity index (χ4v) is 3.26. The third kappa shape index (κ3) is 6.69. The van der Waals surface area contributed by atoms with Crippen molar-refractivity contribution < 1.29 is 17.9 Å². The van der Waals surface area contributed by atoms with Gasteiger partial charge in [0, 0.05) is 6.54 Å². The Hall–Kier alpha value is -2.38. The van der Waals surface area contributed by atoms with Crippen LogP contribution in [0, 0.1) is 13.8 Å². The van der Waals surface area contributed by atoms with Gasteiger partial charge in [-0.05, 0) is 36.6 Å². The topological polar surface area (TPSA) is 75.7 Å². The number of hydrogen-bond acceptors (Lipinski definition) is 4. The lowest BCUT2D eigenvalue weighted by Gasteiger charge is -2.19. The predicted molar refractivity (Wildman–Crippen MR) is 106 cm³/mol. The maximum absolute atomic E-state index is 12.1. The maximum atomic E-state index is 12.1. The first kappa shape index (κ1) is 20.9. The molecule has 0 saturated carbocycles. The van der Waals surface area contributed by atoms with Gasteiger partial charge in [0.2, 0.25) is 15.9 Å². The lowest BCUT2D eigenvalue weighted by atomic mass is 10.1. The van der Waals surface area contributed by atoms with Gasteiger partial charge in [-0.3, -0.25) is 4.79 Å². The van der Waals surface area contributed by atoms with Gasteiger partial charge in [-0.25, -0.2) is 8.42 Å². The number of aryl methyl sites for hydroxylation is 1. The minimum Gasteiger partial charge on any atom is -0.491 e. The van der Waals surface area contributed by atoms with Crippen molar-refractivity contribution in [3.05, 3.63) is 65.2 Å². The summed E-state index contributed by atoms with van der Waals surface area (Å²) in [6, 6.07) is 15.0. The molecule has 1 amide bonds. The summed E-state index contributed by atoms with van der Waals surface area (Å²) in [5, 5.41) is 2.71. The van der Waals surface area contributed by atoms with Crippen LogP contribution >= 0.6 is 0 Å². The molecule has 0 atom stereocenters. The minimum absolute atomic E-state index is 0.159. The second-order valence-corrected chi connectivity index (χ2v) is 8.40. The fourth-order valence-electron chi connectivity index (χ4n) is 2.53. The van der Waals surface area contributed by atoms with E-state index in [-0.39, 0.29) is 19.0 Å². The quantitative estimate of drug-likeness (QED) is 0.667. The molecule has 6 nitrogen and oxygen atoms in total. The van der Waals surface area contributed by atoms with Crippen molar-refractivity contribution in [2.75, 3.05) is 26.0 Å². The molecule has 2 rings (SSSR count). The van der Waals surface area contributed by atoms with Crippen LogP contribution in [0.3, 0.4) is 0 Å². The number of ether oxygens (including phenoxy) is 1.